The number of ether oxygens (including phenoxy) is 3. The summed E-state index contributed by atoms with van der Waals surface area (Å²) in [7, 11) is -3.06. The molecular formula is C30H29ClF2N2O7S. The molecule has 0 fully saturated rings. The number of hydrogen-bond acceptors (Lipinski definition) is 7. The van der Waals surface area contributed by atoms with E-state index >= 15 is 0 Å². The van der Waals surface area contributed by atoms with Crippen LogP contribution in [0, 0.1) is 11.6 Å². The van der Waals surface area contributed by atoms with E-state index in [0.717, 1.165) is 22.5 Å². The number of nitrogens with zero attached hydrogens (tertiary/aromatic N) is 1. The Morgan fingerprint density at radius 1 is 1.14 bits per heavy atom. The van der Waals surface area contributed by atoms with E-state index < -0.39 is 39.6 Å². The molecule has 0 aromatic heterocycles. The molecule has 1 atom stereocenters. The average molecular weight is 635 g/mol. The number of fused-ring (bicyclic) bond motifs is 1. The smallest absolute Gasteiger partial charge is 0.396 e. The Morgan fingerprint density at radius 2 is 1.91 bits per heavy atom. The molecule has 1 aliphatic heterocycles. The van der Waals surface area contributed by atoms with Gasteiger partial charge in [-0.3, -0.25) is 9.10 Å². The Bertz CT molecular complexity index is 1660. The van der Waals surface area contributed by atoms with Gasteiger partial charge in [-0.15, -0.1) is 0 Å². The third-order valence-corrected chi connectivity index (χ3v) is 8.67. The molecule has 1 N–H and O–H groups in total. The molecule has 43 heavy (non-hydrogen) atoms. The lowest BCUT2D eigenvalue weighted by Gasteiger charge is -2.36. The van der Waals surface area contributed by atoms with Crippen molar-refractivity contribution < 1.29 is 41.0 Å². The van der Waals surface area contributed by atoms with Gasteiger partial charge in [-0.25, -0.2) is 22.0 Å². The Labute approximate surface area is 253 Å². The molecule has 0 saturated heterocycles. The number of nitrogens with one attached hydrogen (secondary N) is 1. The summed E-state index contributed by atoms with van der Waals surface area (Å²) in [5.74, 6) is -3.21. The van der Waals surface area contributed by atoms with Crippen molar-refractivity contribution in [3.8, 4) is 11.5 Å². The number of carbonyl (C=O) groups excluding carboxylic acids is 2. The van der Waals surface area contributed by atoms with E-state index in [0.29, 0.717) is 11.1 Å². The highest BCUT2D eigenvalue weighted by Crippen LogP contribution is 2.40. The summed E-state index contributed by atoms with van der Waals surface area (Å²) < 4.78 is 73.4. The fourth-order valence-electron chi connectivity index (χ4n) is 4.54. The zero-order chi connectivity index (χ0) is 31.3. The van der Waals surface area contributed by atoms with E-state index in [-0.39, 0.29) is 58.8 Å². The number of amides is 1. The topological polar surface area (TPSA) is 111 Å². The van der Waals surface area contributed by atoms with Crippen molar-refractivity contribution in [2.24, 2.45) is 0 Å². The van der Waals surface area contributed by atoms with Crippen LogP contribution in [0.5, 0.6) is 11.5 Å². The van der Waals surface area contributed by atoms with Crippen molar-refractivity contribution in [2.45, 2.75) is 31.3 Å². The van der Waals surface area contributed by atoms with E-state index in [1.54, 1.807) is 44.2 Å². The highest BCUT2D eigenvalue weighted by molar-refractivity contribution is 7.92. The van der Waals surface area contributed by atoms with Crippen molar-refractivity contribution in [3.05, 3.63) is 82.4 Å². The molecule has 228 valence electrons. The zero-order valence-corrected chi connectivity index (χ0v) is 25.1. The fourth-order valence-corrected chi connectivity index (χ4v) is 6.36. The maximum atomic E-state index is 14.5. The number of allylic oxidation sites excluding steroid dienone is 1. The Balaban J connectivity index is 1.70. The van der Waals surface area contributed by atoms with Crippen LogP contribution in [-0.2, 0) is 24.3 Å². The number of anilines is 1. The molecule has 1 aliphatic rings. The monoisotopic (exact) mass is 634 g/mol. The van der Waals surface area contributed by atoms with E-state index in [1.807, 2.05) is 0 Å². The van der Waals surface area contributed by atoms with Gasteiger partial charge in [0.15, 0.2) is 11.6 Å². The summed E-state index contributed by atoms with van der Waals surface area (Å²) in [5, 5.41) is 2.66. The third kappa shape index (κ3) is 7.08. The minimum Gasteiger partial charge on any atom is -0.494 e. The molecule has 0 spiro atoms. The van der Waals surface area contributed by atoms with Crippen molar-refractivity contribution in [1.82, 2.24) is 5.32 Å². The first-order chi connectivity index (χ1) is 20.5. The molecule has 3 aromatic rings. The van der Waals surface area contributed by atoms with E-state index in [2.05, 4.69) is 10.1 Å². The van der Waals surface area contributed by atoms with Gasteiger partial charge in [0.2, 0.25) is 0 Å². The summed E-state index contributed by atoms with van der Waals surface area (Å²) in [6, 6.07) is 12.4. The van der Waals surface area contributed by atoms with E-state index in [4.69, 9.17) is 21.1 Å². The first-order valence-corrected chi connectivity index (χ1v) is 15.0. The Kier molecular flexibility index (Phi) is 9.92. The quantitative estimate of drug-likeness (QED) is 0.195. The van der Waals surface area contributed by atoms with E-state index in [1.165, 1.54) is 19.2 Å². The van der Waals surface area contributed by atoms with Crippen molar-refractivity contribution in [3.63, 3.8) is 0 Å². The van der Waals surface area contributed by atoms with Crippen LogP contribution in [0.15, 0.2) is 59.5 Å². The van der Waals surface area contributed by atoms with Crippen LogP contribution in [0.4, 0.5) is 14.5 Å². The second-order valence-corrected chi connectivity index (χ2v) is 11.8. The van der Waals surface area contributed by atoms with Gasteiger partial charge < -0.3 is 19.5 Å². The largest absolute Gasteiger partial charge is 0.494 e. The summed E-state index contributed by atoms with van der Waals surface area (Å²) in [5.41, 5.74) is 1.45. The van der Waals surface area contributed by atoms with Crippen molar-refractivity contribution >= 4 is 50.8 Å². The molecule has 4 rings (SSSR count). The normalized spacial score (nSPS) is 14.9. The zero-order valence-electron chi connectivity index (χ0n) is 23.5. The maximum absolute atomic E-state index is 14.5. The van der Waals surface area contributed by atoms with Gasteiger partial charge in [0.05, 0.1) is 35.9 Å². The fraction of sp³-hybridized carbons (Fsp3) is 0.267. The number of sulfonamides is 1. The summed E-state index contributed by atoms with van der Waals surface area (Å²) in [6.45, 7) is 3.12. The molecular weight excluding hydrogens is 606 g/mol. The van der Waals surface area contributed by atoms with Gasteiger partial charge in [0, 0.05) is 24.6 Å². The van der Waals surface area contributed by atoms with Gasteiger partial charge in [0.1, 0.15) is 17.7 Å². The predicted molar refractivity (Wildman–Crippen MR) is 158 cm³/mol. The second kappa shape index (κ2) is 13.4. The van der Waals surface area contributed by atoms with Gasteiger partial charge in [0.25, 0.3) is 10.0 Å². The molecule has 0 saturated carbocycles. The first kappa shape index (κ1) is 31.8. The number of esters is 1. The molecule has 0 radical (unpaired) electrons. The average Bonchev–Trinajstić information content (AvgIpc) is 2.97. The number of halogens is 3. The van der Waals surface area contributed by atoms with Gasteiger partial charge in [-0.1, -0.05) is 29.8 Å². The SMILES string of the molecule is CCOC(=O)C(=O)NCC[C@H]1CN(S(=O)(=O)c2ccc(F)c(OC)c2)c2cc(/C=C(\C)c3c(F)cccc3Cl)ccc2O1. The van der Waals surface area contributed by atoms with Crippen molar-refractivity contribution in [2.75, 3.05) is 31.1 Å². The summed E-state index contributed by atoms with van der Waals surface area (Å²) in [6.07, 6.45) is 1.08. The number of carbonyl (C=O) groups is 2. The van der Waals surface area contributed by atoms with E-state index in [9.17, 15) is 26.8 Å². The van der Waals surface area contributed by atoms with Crippen LogP contribution in [0.25, 0.3) is 11.6 Å². The number of methoxy groups -OCH3 is 1. The molecule has 0 aliphatic carbocycles. The lowest BCUT2D eigenvalue weighted by atomic mass is 10.0. The molecule has 3 aromatic carbocycles. The molecule has 0 bridgehead atoms. The van der Waals surface area contributed by atoms with Crippen LogP contribution in [-0.4, -0.2) is 53.2 Å². The lowest BCUT2D eigenvalue weighted by Crippen LogP contribution is -2.45. The molecule has 1 amide bonds. The highest BCUT2D eigenvalue weighted by atomic mass is 35.5. The Morgan fingerprint density at radius 3 is 2.60 bits per heavy atom. The summed E-state index contributed by atoms with van der Waals surface area (Å²) >= 11 is 6.23. The molecule has 13 heteroatoms. The first-order valence-electron chi connectivity index (χ1n) is 13.2. The molecule has 9 nitrogen and oxygen atoms in total. The second-order valence-electron chi connectivity index (χ2n) is 9.49. The number of hydrogen-bond donors (Lipinski definition) is 1. The van der Waals surface area contributed by atoms with Crippen LogP contribution < -0.4 is 19.1 Å². The third-order valence-electron chi connectivity index (χ3n) is 6.58. The molecule has 1 heterocycles. The van der Waals surface area contributed by atoms with Crippen LogP contribution >= 0.6 is 11.6 Å². The van der Waals surface area contributed by atoms with Crippen LogP contribution in [0.2, 0.25) is 5.02 Å². The van der Waals surface area contributed by atoms with Crippen molar-refractivity contribution in [1.29, 1.82) is 0 Å². The lowest BCUT2D eigenvalue weighted by molar-refractivity contribution is -0.154. The maximum Gasteiger partial charge on any atom is 0.396 e. The van der Waals surface area contributed by atoms with Crippen LogP contribution in [0.3, 0.4) is 0 Å². The molecule has 0 unspecified atom stereocenters. The van der Waals surface area contributed by atoms with Gasteiger partial charge in [-0.2, -0.15) is 0 Å². The van der Waals surface area contributed by atoms with Crippen LogP contribution in [0.1, 0.15) is 31.4 Å². The highest BCUT2D eigenvalue weighted by Gasteiger charge is 2.35. The minimum absolute atomic E-state index is 0.000673. The Hall–Kier alpha value is -4.16. The van der Waals surface area contributed by atoms with Gasteiger partial charge in [-0.05, 0) is 61.4 Å². The summed E-state index contributed by atoms with van der Waals surface area (Å²) in [4.78, 5) is 23.3. The minimum atomic E-state index is -4.29. The predicted octanol–water partition coefficient (Wildman–Crippen LogP) is 5.21. The van der Waals surface area contributed by atoms with Gasteiger partial charge >= 0.3 is 11.9 Å². The number of rotatable bonds is 9. The number of benzene rings is 3. The standard InChI is InChI=1S/C30H29ClF2N2O7S/c1-4-41-30(37)29(36)34-13-12-20-17-35(43(38,39)21-9-10-23(32)27(16-21)40-3)25-15-19(8-11-26(25)42-20)14-18(2)28-22(31)6-5-7-24(28)33/h5-11,14-16,20H,4,12-13,17H2,1-3H3,(H,34,36)/b18-14+/t20-/m0/s1.